The van der Waals surface area contributed by atoms with Gasteiger partial charge >= 0.3 is 12.4 Å². The molecule has 2 aliphatic rings. The number of hydrogen-bond donors (Lipinski definition) is 2. The SMILES string of the molecule is N=Cc1cc(C(N2CCC(c3nc4ccccc4n3C3CC3)CC2)C(F)(F)F)c(F)cc1Nc1cccc(C(F)(F)F)c1. The van der Waals surface area contributed by atoms with Gasteiger partial charge in [0, 0.05) is 35.0 Å². The summed E-state index contributed by atoms with van der Waals surface area (Å²) in [6, 6.07) is 11.8. The number of anilines is 2. The second kappa shape index (κ2) is 11.0. The lowest BCUT2D eigenvalue weighted by Gasteiger charge is -2.38. The summed E-state index contributed by atoms with van der Waals surface area (Å²) in [5.74, 6) is -0.326. The number of benzene rings is 3. The number of hydrogen-bond acceptors (Lipinski definition) is 4. The first-order chi connectivity index (χ1) is 20.4. The molecule has 2 N–H and O–H groups in total. The normalized spacial score (nSPS) is 17.7. The van der Waals surface area contributed by atoms with Crippen molar-refractivity contribution in [2.75, 3.05) is 18.4 Å². The first-order valence-corrected chi connectivity index (χ1v) is 14.0. The maximum absolute atomic E-state index is 15.4. The zero-order valence-corrected chi connectivity index (χ0v) is 22.8. The third kappa shape index (κ3) is 5.84. The van der Waals surface area contributed by atoms with E-state index in [9.17, 15) is 26.3 Å². The van der Waals surface area contributed by atoms with Gasteiger partial charge in [-0.2, -0.15) is 26.3 Å². The molecule has 1 saturated carbocycles. The highest BCUT2D eigenvalue weighted by Crippen LogP contribution is 2.45. The molecule has 2 heterocycles. The minimum atomic E-state index is -4.82. The molecule has 2 fully saturated rings. The summed E-state index contributed by atoms with van der Waals surface area (Å²) in [6.45, 7) is 0.124. The van der Waals surface area contributed by atoms with Gasteiger partial charge in [0.1, 0.15) is 17.7 Å². The number of nitrogens with zero attached hydrogens (tertiary/aromatic N) is 3. The van der Waals surface area contributed by atoms with Crippen molar-refractivity contribution in [2.45, 2.75) is 56.0 Å². The fraction of sp³-hybridized carbons (Fsp3) is 0.355. The molecule has 43 heavy (non-hydrogen) atoms. The molecule has 0 spiro atoms. The Morgan fingerprint density at radius 1 is 0.907 bits per heavy atom. The molecule has 4 aromatic rings. The predicted octanol–water partition coefficient (Wildman–Crippen LogP) is 8.75. The van der Waals surface area contributed by atoms with Crippen LogP contribution >= 0.6 is 0 Å². The molecular weight excluding hydrogens is 575 g/mol. The molecule has 1 aliphatic heterocycles. The van der Waals surface area contributed by atoms with E-state index in [1.165, 1.54) is 11.0 Å². The molecule has 1 aliphatic carbocycles. The lowest BCUT2D eigenvalue weighted by molar-refractivity contribution is -0.190. The monoisotopic (exact) mass is 603 g/mol. The van der Waals surface area contributed by atoms with Crippen molar-refractivity contribution in [1.82, 2.24) is 14.5 Å². The first kappa shape index (κ1) is 29.2. The Morgan fingerprint density at radius 2 is 1.63 bits per heavy atom. The number of nitrogens with one attached hydrogen (secondary N) is 2. The van der Waals surface area contributed by atoms with E-state index in [2.05, 4.69) is 9.88 Å². The summed E-state index contributed by atoms with van der Waals surface area (Å²) >= 11 is 0. The molecule has 1 saturated heterocycles. The third-order valence-corrected chi connectivity index (χ3v) is 8.19. The zero-order valence-electron chi connectivity index (χ0n) is 22.8. The lowest BCUT2D eigenvalue weighted by Crippen LogP contribution is -2.43. The quantitative estimate of drug-likeness (QED) is 0.164. The molecule has 1 atom stereocenters. The van der Waals surface area contributed by atoms with E-state index in [0.29, 0.717) is 18.9 Å². The van der Waals surface area contributed by atoms with Crippen molar-refractivity contribution in [3.05, 3.63) is 89.0 Å². The Kier molecular flexibility index (Phi) is 7.44. The van der Waals surface area contributed by atoms with Gasteiger partial charge in [-0.1, -0.05) is 18.2 Å². The summed E-state index contributed by atoms with van der Waals surface area (Å²) in [5, 5.41) is 10.4. The van der Waals surface area contributed by atoms with Gasteiger partial charge in [0.05, 0.1) is 22.3 Å². The Morgan fingerprint density at radius 3 is 2.28 bits per heavy atom. The van der Waals surface area contributed by atoms with Gasteiger partial charge in [-0.15, -0.1) is 0 Å². The van der Waals surface area contributed by atoms with Crippen LogP contribution in [0.3, 0.4) is 0 Å². The van der Waals surface area contributed by atoms with Crippen LogP contribution in [-0.4, -0.2) is 39.9 Å². The second-order valence-corrected chi connectivity index (χ2v) is 11.1. The number of alkyl halides is 6. The molecule has 1 unspecified atom stereocenters. The largest absolute Gasteiger partial charge is 0.416 e. The van der Waals surface area contributed by atoms with E-state index in [1.54, 1.807) is 0 Å². The summed E-state index contributed by atoms with van der Waals surface area (Å²) < 4.78 is 101. The van der Waals surface area contributed by atoms with Gasteiger partial charge in [0.25, 0.3) is 0 Å². The van der Waals surface area contributed by atoms with E-state index >= 15 is 4.39 Å². The van der Waals surface area contributed by atoms with Crippen LogP contribution in [0, 0.1) is 11.2 Å². The van der Waals surface area contributed by atoms with Crippen molar-refractivity contribution in [2.24, 2.45) is 0 Å². The minimum absolute atomic E-state index is 0.0424. The number of halogens is 7. The number of imidazole rings is 1. The summed E-state index contributed by atoms with van der Waals surface area (Å²) in [7, 11) is 0. The number of piperidine rings is 1. The Labute approximate surface area is 242 Å². The molecule has 12 heteroatoms. The van der Waals surface area contributed by atoms with E-state index in [-0.39, 0.29) is 35.9 Å². The Hall–Kier alpha value is -3.93. The maximum Gasteiger partial charge on any atom is 0.416 e. The van der Waals surface area contributed by atoms with E-state index in [4.69, 9.17) is 10.4 Å². The Balaban J connectivity index is 1.26. The van der Waals surface area contributed by atoms with Crippen LogP contribution in [0.15, 0.2) is 60.7 Å². The van der Waals surface area contributed by atoms with Gasteiger partial charge in [0.2, 0.25) is 0 Å². The van der Waals surface area contributed by atoms with Crippen molar-refractivity contribution in [3.63, 3.8) is 0 Å². The molecule has 5 nitrogen and oxygen atoms in total. The number of para-hydroxylation sites is 2. The van der Waals surface area contributed by atoms with Gasteiger partial charge in [-0.25, -0.2) is 9.37 Å². The number of aromatic nitrogens is 2. The highest BCUT2D eigenvalue weighted by Gasteiger charge is 2.47. The van der Waals surface area contributed by atoms with Gasteiger partial charge < -0.3 is 15.3 Å². The summed E-state index contributed by atoms with van der Waals surface area (Å²) in [5.41, 5.74) is 0.0567. The van der Waals surface area contributed by atoms with Gasteiger partial charge in [0.15, 0.2) is 0 Å². The average Bonchev–Trinajstić information content (AvgIpc) is 3.73. The number of likely N-dealkylation sites (tertiary alicyclic amines) is 1. The second-order valence-electron chi connectivity index (χ2n) is 11.1. The fourth-order valence-electron chi connectivity index (χ4n) is 6.04. The lowest BCUT2D eigenvalue weighted by atomic mass is 9.92. The van der Waals surface area contributed by atoms with Crippen LogP contribution in [0.1, 0.15) is 66.2 Å². The van der Waals surface area contributed by atoms with Crippen LogP contribution < -0.4 is 5.32 Å². The maximum atomic E-state index is 15.4. The minimum Gasteiger partial charge on any atom is -0.355 e. The first-order valence-electron chi connectivity index (χ1n) is 14.0. The van der Waals surface area contributed by atoms with Crippen LogP contribution in [0.25, 0.3) is 11.0 Å². The predicted molar refractivity (Wildman–Crippen MR) is 149 cm³/mol. The fourth-order valence-corrected chi connectivity index (χ4v) is 6.04. The number of rotatable bonds is 7. The van der Waals surface area contributed by atoms with E-state index in [1.807, 2.05) is 24.3 Å². The highest BCUT2D eigenvalue weighted by atomic mass is 19.4. The van der Waals surface area contributed by atoms with Crippen molar-refractivity contribution in [3.8, 4) is 0 Å². The van der Waals surface area contributed by atoms with Crippen molar-refractivity contribution in [1.29, 1.82) is 5.41 Å². The molecule has 0 amide bonds. The molecule has 0 bridgehead atoms. The molecule has 0 radical (unpaired) electrons. The standard InChI is InChI=1S/C31H28F7N5/c32-24-16-26(40-21-5-3-4-20(15-21)30(33,34)35)19(17-39)14-23(24)28(31(36,37)38)42-12-10-18(11-13-42)29-41-25-6-1-2-7-27(25)43(29)22-8-9-22/h1-7,14-18,22,28,39-40H,8-13H2. The summed E-state index contributed by atoms with van der Waals surface area (Å²) in [4.78, 5) is 6.06. The highest BCUT2D eigenvalue weighted by molar-refractivity contribution is 5.88. The smallest absolute Gasteiger partial charge is 0.355 e. The molecular formula is C31H28F7N5. The van der Waals surface area contributed by atoms with Crippen LogP contribution in [0.5, 0.6) is 0 Å². The topological polar surface area (TPSA) is 56.9 Å². The van der Waals surface area contributed by atoms with E-state index < -0.39 is 35.3 Å². The third-order valence-electron chi connectivity index (χ3n) is 8.19. The number of fused-ring (bicyclic) bond motifs is 1. The van der Waals surface area contributed by atoms with Crippen LogP contribution in [-0.2, 0) is 6.18 Å². The van der Waals surface area contributed by atoms with Gasteiger partial charge in [-0.3, -0.25) is 4.90 Å². The molecule has 6 rings (SSSR count). The molecule has 1 aromatic heterocycles. The Bertz CT molecular complexity index is 1650. The molecule has 226 valence electrons. The zero-order chi connectivity index (χ0) is 30.5. The average molecular weight is 604 g/mol. The van der Waals surface area contributed by atoms with E-state index in [0.717, 1.165) is 66.2 Å². The van der Waals surface area contributed by atoms with Crippen molar-refractivity contribution < 1.29 is 30.7 Å². The van der Waals surface area contributed by atoms with Crippen LogP contribution in [0.2, 0.25) is 0 Å². The van der Waals surface area contributed by atoms with Gasteiger partial charge in [-0.05, 0) is 81.2 Å². The van der Waals surface area contributed by atoms with Crippen LogP contribution in [0.4, 0.5) is 42.1 Å². The van der Waals surface area contributed by atoms with Crippen molar-refractivity contribution >= 4 is 28.6 Å². The molecule has 3 aromatic carbocycles. The summed E-state index contributed by atoms with van der Waals surface area (Å²) in [6.07, 6.45) is -5.78.